The molecule has 3 fully saturated rings. The molecule has 1 aromatic rings. The van der Waals surface area contributed by atoms with Crippen LogP contribution in [0.15, 0.2) is 42.5 Å². The van der Waals surface area contributed by atoms with Gasteiger partial charge in [0.1, 0.15) is 6.10 Å². The summed E-state index contributed by atoms with van der Waals surface area (Å²) in [5, 5.41) is 0. The lowest BCUT2D eigenvalue weighted by Gasteiger charge is -2.44. The molecule has 4 aliphatic rings. The van der Waals surface area contributed by atoms with Gasteiger partial charge in [0, 0.05) is 11.8 Å². The van der Waals surface area contributed by atoms with Crippen molar-refractivity contribution in [3.8, 4) is 0 Å². The van der Waals surface area contributed by atoms with E-state index in [-0.39, 0.29) is 41.8 Å². The van der Waals surface area contributed by atoms with Gasteiger partial charge in [0.05, 0.1) is 18.8 Å². The van der Waals surface area contributed by atoms with Gasteiger partial charge < -0.3 is 18.9 Å². The Labute approximate surface area is 159 Å². The molecule has 27 heavy (non-hydrogen) atoms. The number of benzene rings is 1. The summed E-state index contributed by atoms with van der Waals surface area (Å²) in [6.45, 7) is 4.34. The number of carbonyl (C=O) groups is 1. The van der Waals surface area contributed by atoms with Crippen molar-refractivity contribution < 1.29 is 23.7 Å². The molecule has 0 amide bonds. The zero-order chi connectivity index (χ0) is 18.6. The second kappa shape index (κ2) is 6.52. The van der Waals surface area contributed by atoms with E-state index in [9.17, 15) is 4.79 Å². The summed E-state index contributed by atoms with van der Waals surface area (Å²) in [6, 6.07) is 10.2. The first-order chi connectivity index (χ1) is 13.0. The van der Waals surface area contributed by atoms with Crippen molar-refractivity contribution in [2.75, 3.05) is 0 Å². The minimum absolute atomic E-state index is 0.0197. The zero-order valence-corrected chi connectivity index (χ0v) is 15.7. The topological polar surface area (TPSA) is 54.0 Å². The van der Waals surface area contributed by atoms with Crippen molar-refractivity contribution in [1.29, 1.82) is 0 Å². The fourth-order valence-electron chi connectivity index (χ4n) is 5.27. The van der Waals surface area contributed by atoms with Gasteiger partial charge in [-0.3, -0.25) is 4.79 Å². The van der Waals surface area contributed by atoms with Crippen LogP contribution in [0.5, 0.6) is 0 Å². The average Bonchev–Trinajstić information content (AvgIpc) is 3.13. The highest BCUT2D eigenvalue weighted by Crippen LogP contribution is 2.52. The van der Waals surface area contributed by atoms with Crippen LogP contribution in [0.25, 0.3) is 0 Å². The van der Waals surface area contributed by atoms with Gasteiger partial charge in [-0.05, 0) is 44.2 Å². The fourth-order valence-corrected chi connectivity index (χ4v) is 5.27. The largest absolute Gasteiger partial charge is 0.371 e. The predicted octanol–water partition coefficient (Wildman–Crippen LogP) is 3.23. The number of hydrogen-bond donors (Lipinski definition) is 0. The first-order valence-electron chi connectivity index (χ1n) is 9.89. The van der Waals surface area contributed by atoms with Crippen LogP contribution in [0.3, 0.4) is 0 Å². The van der Waals surface area contributed by atoms with Crippen molar-refractivity contribution in [1.82, 2.24) is 0 Å². The van der Waals surface area contributed by atoms with Crippen LogP contribution in [0.1, 0.15) is 32.3 Å². The number of carbonyl (C=O) groups excluding carboxylic acids is 1. The third-order valence-corrected chi connectivity index (χ3v) is 6.32. The van der Waals surface area contributed by atoms with E-state index in [0.717, 1.165) is 18.4 Å². The van der Waals surface area contributed by atoms with Crippen molar-refractivity contribution in [3.05, 3.63) is 48.0 Å². The number of hydrogen-bond acceptors (Lipinski definition) is 5. The molecule has 0 N–H and O–H groups in total. The summed E-state index contributed by atoms with van der Waals surface area (Å²) in [5.41, 5.74) is 1.14. The average molecular weight is 370 g/mol. The van der Waals surface area contributed by atoms with Gasteiger partial charge in [-0.1, -0.05) is 36.4 Å². The lowest BCUT2D eigenvalue weighted by molar-refractivity contribution is -0.235. The quantitative estimate of drug-likeness (QED) is 0.818. The van der Waals surface area contributed by atoms with E-state index < -0.39 is 12.1 Å². The Morgan fingerprint density at radius 3 is 2.78 bits per heavy atom. The molecular weight excluding hydrogens is 344 g/mol. The molecule has 2 heterocycles. The summed E-state index contributed by atoms with van der Waals surface area (Å²) in [4.78, 5) is 12.7. The fraction of sp³-hybridized carbons (Fsp3) is 0.591. The molecule has 2 saturated heterocycles. The van der Waals surface area contributed by atoms with Crippen molar-refractivity contribution in [2.24, 2.45) is 17.8 Å². The Hall–Kier alpha value is -1.53. The highest BCUT2D eigenvalue weighted by Gasteiger charge is 2.63. The molecular formula is C22H26O5. The molecule has 1 saturated carbocycles. The van der Waals surface area contributed by atoms with Gasteiger partial charge >= 0.3 is 0 Å². The number of fused-ring (bicyclic) bond motifs is 5. The third kappa shape index (κ3) is 3.07. The first-order valence-corrected chi connectivity index (χ1v) is 9.89. The number of allylic oxidation sites excluding steroid dienone is 2. The summed E-state index contributed by atoms with van der Waals surface area (Å²) in [6.07, 6.45) is 4.61. The summed E-state index contributed by atoms with van der Waals surface area (Å²) < 4.78 is 24.7. The summed E-state index contributed by atoms with van der Waals surface area (Å²) in [7, 11) is 0. The molecule has 144 valence electrons. The molecule has 5 nitrogen and oxygen atoms in total. The lowest BCUT2D eigenvalue weighted by atomic mass is 9.63. The second-order valence-electron chi connectivity index (χ2n) is 8.54. The van der Waals surface area contributed by atoms with Crippen molar-refractivity contribution in [3.63, 3.8) is 0 Å². The summed E-state index contributed by atoms with van der Waals surface area (Å²) >= 11 is 0. The maximum atomic E-state index is 12.7. The minimum atomic E-state index is -0.679. The Balaban J connectivity index is 1.40. The molecule has 2 aliphatic heterocycles. The number of rotatable bonds is 3. The molecule has 0 radical (unpaired) electrons. The van der Waals surface area contributed by atoms with E-state index in [4.69, 9.17) is 18.9 Å². The van der Waals surface area contributed by atoms with E-state index in [0.29, 0.717) is 6.61 Å². The van der Waals surface area contributed by atoms with Crippen molar-refractivity contribution in [2.45, 2.75) is 63.7 Å². The Kier molecular flexibility index (Phi) is 4.24. The normalized spacial score (nSPS) is 41.9. The SMILES string of the molecule is CC1(C)O[C@H]2O[C@H]3[C@H]([C@H]2O1)[C@H]1C(=O)C=CC[C@H]1C[C@@H]3OCc1ccccc1. The Bertz CT molecular complexity index is 742. The molecule has 5 rings (SSSR count). The van der Waals surface area contributed by atoms with Gasteiger partial charge in [-0.2, -0.15) is 0 Å². The van der Waals surface area contributed by atoms with Crippen LogP contribution in [0.2, 0.25) is 0 Å². The zero-order valence-electron chi connectivity index (χ0n) is 15.7. The van der Waals surface area contributed by atoms with Gasteiger partial charge in [0.25, 0.3) is 0 Å². The molecule has 0 aromatic heterocycles. The van der Waals surface area contributed by atoms with E-state index in [2.05, 4.69) is 12.1 Å². The molecule has 0 unspecified atom stereocenters. The number of ether oxygens (including phenoxy) is 4. The second-order valence-corrected chi connectivity index (χ2v) is 8.54. The molecule has 0 bridgehead atoms. The predicted molar refractivity (Wildman–Crippen MR) is 97.6 cm³/mol. The Morgan fingerprint density at radius 2 is 1.96 bits per heavy atom. The Morgan fingerprint density at radius 1 is 1.15 bits per heavy atom. The standard InChI is InChI=1S/C22H26O5/c1-22(2)26-20-18-17-14(9-6-10-15(17)23)11-16(19(18)25-21(20)27-22)24-12-13-7-4-3-5-8-13/h3-8,10,14,16-21H,9,11-12H2,1-2H3/t14-,16-,17+,18+,19+,20+,21+/m0/s1. The van der Waals surface area contributed by atoms with Crippen LogP contribution >= 0.6 is 0 Å². The van der Waals surface area contributed by atoms with Crippen LogP contribution in [-0.2, 0) is 30.3 Å². The molecule has 7 atom stereocenters. The van der Waals surface area contributed by atoms with Crippen LogP contribution in [-0.4, -0.2) is 36.2 Å². The molecule has 0 spiro atoms. The molecule has 2 aliphatic carbocycles. The van der Waals surface area contributed by atoms with Gasteiger partial charge in [-0.25, -0.2) is 0 Å². The lowest BCUT2D eigenvalue weighted by Crippen LogP contribution is -2.52. The first kappa shape index (κ1) is 17.6. The van der Waals surface area contributed by atoms with Crippen LogP contribution < -0.4 is 0 Å². The third-order valence-electron chi connectivity index (χ3n) is 6.32. The monoisotopic (exact) mass is 370 g/mol. The van der Waals surface area contributed by atoms with Gasteiger partial charge in [-0.15, -0.1) is 0 Å². The van der Waals surface area contributed by atoms with E-state index in [1.165, 1.54) is 0 Å². The maximum absolute atomic E-state index is 12.7. The van der Waals surface area contributed by atoms with Crippen LogP contribution in [0.4, 0.5) is 0 Å². The molecule has 1 aromatic carbocycles. The maximum Gasteiger partial charge on any atom is 0.187 e. The van der Waals surface area contributed by atoms with Crippen molar-refractivity contribution >= 4 is 5.78 Å². The van der Waals surface area contributed by atoms with E-state index >= 15 is 0 Å². The van der Waals surface area contributed by atoms with E-state index in [1.54, 1.807) is 6.08 Å². The molecule has 5 heteroatoms. The highest BCUT2D eigenvalue weighted by molar-refractivity contribution is 5.93. The van der Waals surface area contributed by atoms with Gasteiger partial charge in [0.2, 0.25) is 0 Å². The minimum Gasteiger partial charge on any atom is -0.371 e. The van der Waals surface area contributed by atoms with Crippen LogP contribution in [0, 0.1) is 17.8 Å². The number of ketones is 1. The highest BCUT2D eigenvalue weighted by atomic mass is 16.8. The van der Waals surface area contributed by atoms with Gasteiger partial charge in [0.15, 0.2) is 17.9 Å². The summed E-state index contributed by atoms with van der Waals surface area (Å²) in [5.74, 6) is -0.293. The van der Waals surface area contributed by atoms with E-state index in [1.807, 2.05) is 38.1 Å². The smallest absolute Gasteiger partial charge is 0.187 e.